The molecule has 0 amide bonds. The first-order valence-electron chi connectivity index (χ1n) is 9.22. The van der Waals surface area contributed by atoms with Gasteiger partial charge in [-0.25, -0.2) is 0 Å². The summed E-state index contributed by atoms with van der Waals surface area (Å²) in [4.78, 5) is 12.5. The molecule has 23 heavy (non-hydrogen) atoms. The van der Waals surface area contributed by atoms with Crippen molar-refractivity contribution in [3.8, 4) is 0 Å². The predicted molar refractivity (Wildman–Crippen MR) is 93.9 cm³/mol. The van der Waals surface area contributed by atoms with Crippen LogP contribution in [0.2, 0.25) is 0 Å². The Hall–Kier alpha value is -1.05. The molecular weight excluding hydrogens is 284 g/mol. The lowest BCUT2D eigenvalue weighted by molar-refractivity contribution is -0.164. The van der Waals surface area contributed by atoms with Crippen LogP contribution < -0.4 is 0 Å². The van der Waals surface area contributed by atoms with Crippen LogP contribution in [0.15, 0.2) is 24.3 Å². The van der Waals surface area contributed by atoms with Gasteiger partial charge in [0.2, 0.25) is 0 Å². The fourth-order valence-electron chi connectivity index (χ4n) is 6.09. The zero-order valence-corrected chi connectivity index (χ0v) is 15.3. The minimum absolute atomic E-state index is 0.000728. The molecule has 3 aliphatic carbocycles. The van der Waals surface area contributed by atoms with Crippen LogP contribution in [0.5, 0.6) is 0 Å². The summed E-state index contributed by atoms with van der Waals surface area (Å²) in [6.07, 6.45) is 12.7. The Balaban J connectivity index is 1.98. The third kappa shape index (κ3) is 2.40. The average molecular weight is 316 g/mol. The van der Waals surface area contributed by atoms with Gasteiger partial charge in [-0.3, -0.25) is 4.79 Å². The SMILES string of the molecule is C=C[C@]1(C)CC=C2[C@H](CC[C@@H]3[C@](C)(C(=O)OC)CCC[C@@]23C)C1. The van der Waals surface area contributed by atoms with Crippen LogP contribution in [-0.4, -0.2) is 13.1 Å². The number of carbonyl (C=O) groups is 1. The van der Waals surface area contributed by atoms with Gasteiger partial charge in [0.1, 0.15) is 0 Å². The zero-order chi connectivity index (χ0) is 16.9. The molecule has 0 aliphatic heterocycles. The minimum Gasteiger partial charge on any atom is -0.469 e. The first-order chi connectivity index (χ1) is 10.8. The lowest BCUT2D eigenvalue weighted by atomic mass is 9.46. The summed E-state index contributed by atoms with van der Waals surface area (Å²) in [7, 11) is 1.54. The second-order valence-corrected chi connectivity index (χ2v) is 8.93. The molecule has 0 aromatic rings. The largest absolute Gasteiger partial charge is 0.469 e. The number of allylic oxidation sites excluding steroid dienone is 3. The average Bonchev–Trinajstić information content (AvgIpc) is 2.53. The van der Waals surface area contributed by atoms with E-state index in [-0.39, 0.29) is 22.2 Å². The van der Waals surface area contributed by atoms with Crippen molar-refractivity contribution < 1.29 is 9.53 Å². The Labute approximate surface area is 141 Å². The maximum absolute atomic E-state index is 12.5. The molecule has 0 heterocycles. The van der Waals surface area contributed by atoms with Gasteiger partial charge in [-0.2, -0.15) is 0 Å². The summed E-state index contributed by atoms with van der Waals surface area (Å²) in [5.41, 5.74) is 1.75. The summed E-state index contributed by atoms with van der Waals surface area (Å²) in [6, 6.07) is 0. The molecule has 2 nitrogen and oxygen atoms in total. The van der Waals surface area contributed by atoms with Gasteiger partial charge in [0.05, 0.1) is 12.5 Å². The molecule has 0 radical (unpaired) electrons. The van der Waals surface area contributed by atoms with E-state index < -0.39 is 0 Å². The Bertz CT molecular complexity index is 548. The second kappa shape index (κ2) is 5.50. The van der Waals surface area contributed by atoms with Crippen LogP contribution in [0.3, 0.4) is 0 Å². The van der Waals surface area contributed by atoms with E-state index in [1.54, 1.807) is 12.7 Å². The third-order valence-corrected chi connectivity index (χ3v) is 7.48. The molecule has 0 bridgehead atoms. The molecule has 0 spiro atoms. The molecular formula is C21H32O2. The number of hydrogen-bond acceptors (Lipinski definition) is 2. The number of rotatable bonds is 2. The summed E-state index contributed by atoms with van der Waals surface area (Å²) in [5, 5.41) is 0. The van der Waals surface area contributed by atoms with Crippen LogP contribution in [0, 0.1) is 28.1 Å². The van der Waals surface area contributed by atoms with Gasteiger partial charge in [-0.15, -0.1) is 6.58 Å². The van der Waals surface area contributed by atoms with Crippen molar-refractivity contribution in [1.82, 2.24) is 0 Å². The third-order valence-electron chi connectivity index (χ3n) is 7.48. The molecule has 128 valence electrons. The summed E-state index contributed by atoms with van der Waals surface area (Å²) in [5.74, 6) is 1.10. The van der Waals surface area contributed by atoms with Crippen molar-refractivity contribution in [3.63, 3.8) is 0 Å². The predicted octanol–water partition coefficient (Wildman–Crippen LogP) is 5.29. The van der Waals surface area contributed by atoms with Crippen molar-refractivity contribution in [2.24, 2.45) is 28.1 Å². The van der Waals surface area contributed by atoms with Crippen molar-refractivity contribution in [2.45, 2.75) is 65.7 Å². The smallest absolute Gasteiger partial charge is 0.311 e. The Morgan fingerprint density at radius 2 is 2.04 bits per heavy atom. The van der Waals surface area contributed by atoms with Crippen LogP contribution >= 0.6 is 0 Å². The van der Waals surface area contributed by atoms with Gasteiger partial charge in [0, 0.05) is 0 Å². The van der Waals surface area contributed by atoms with E-state index in [9.17, 15) is 4.79 Å². The van der Waals surface area contributed by atoms with E-state index in [1.165, 1.54) is 19.3 Å². The van der Waals surface area contributed by atoms with E-state index in [2.05, 4.69) is 39.5 Å². The molecule has 5 atom stereocenters. The fraction of sp³-hybridized carbons (Fsp3) is 0.762. The summed E-state index contributed by atoms with van der Waals surface area (Å²) < 4.78 is 5.20. The Morgan fingerprint density at radius 1 is 1.30 bits per heavy atom. The molecule has 0 unspecified atom stereocenters. The highest BCUT2D eigenvalue weighted by atomic mass is 16.5. The standard InChI is InChI=1S/C21H32O2/c1-6-19(2)13-10-16-15(14-19)8-9-17-20(16,3)11-7-12-21(17,4)18(22)23-5/h6,10,15,17H,1,7-9,11-14H2,2-5H3/t15-,17+,19-,20+,21-/m1/s1. The number of ether oxygens (including phenoxy) is 1. The molecule has 0 aromatic carbocycles. The van der Waals surface area contributed by atoms with Gasteiger partial charge in [0.25, 0.3) is 0 Å². The lowest BCUT2D eigenvalue weighted by Crippen LogP contribution is -2.53. The lowest BCUT2D eigenvalue weighted by Gasteiger charge is -2.58. The number of fused-ring (bicyclic) bond motifs is 3. The molecule has 2 heteroatoms. The number of hydrogen-bond donors (Lipinski definition) is 0. The minimum atomic E-state index is -0.313. The van der Waals surface area contributed by atoms with E-state index in [0.29, 0.717) is 11.8 Å². The van der Waals surface area contributed by atoms with Gasteiger partial charge < -0.3 is 4.74 Å². The van der Waals surface area contributed by atoms with Crippen LogP contribution in [-0.2, 0) is 9.53 Å². The van der Waals surface area contributed by atoms with E-state index >= 15 is 0 Å². The van der Waals surface area contributed by atoms with Crippen molar-refractivity contribution in [1.29, 1.82) is 0 Å². The number of methoxy groups -OCH3 is 1. The zero-order valence-electron chi connectivity index (χ0n) is 15.3. The first-order valence-corrected chi connectivity index (χ1v) is 9.22. The highest BCUT2D eigenvalue weighted by molar-refractivity contribution is 5.77. The van der Waals surface area contributed by atoms with Gasteiger partial charge >= 0.3 is 5.97 Å². The van der Waals surface area contributed by atoms with Gasteiger partial charge in [-0.1, -0.05) is 38.0 Å². The van der Waals surface area contributed by atoms with Crippen molar-refractivity contribution in [3.05, 3.63) is 24.3 Å². The second-order valence-electron chi connectivity index (χ2n) is 8.93. The molecule has 3 aliphatic rings. The number of esters is 1. The molecule has 0 saturated heterocycles. The van der Waals surface area contributed by atoms with Crippen LogP contribution in [0.4, 0.5) is 0 Å². The Kier molecular flexibility index (Phi) is 4.01. The molecule has 0 aromatic heterocycles. The fourth-order valence-corrected chi connectivity index (χ4v) is 6.09. The number of carbonyl (C=O) groups excluding carboxylic acids is 1. The Morgan fingerprint density at radius 3 is 2.70 bits per heavy atom. The topological polar surface area (TPSA) is 26.3 Å². The van der Waals surface area contributed by atoms with Crippen LogP contribution in [0.1, 0.15) is 65.7 Å². The molecule has 3 rings (SSSR count). The first kappa shape index (κ1) is 16.8. The summed E-state index contributed by atoms with van der Waals surface area (Å²) >= 11 is 0. The van der Waals surface area contributed by atoms with Crippen molar-refractivity contribution in [2.75, 3.05) is 7.11 Å². The maximum Gasteiger partial charge on any atom is 0.311 e. The van der Waals surface area contributed by atoms with Crippen molar-refractivity contribution >= 4 is 5.97 Å². The normalized spacial score (nSPS) is 46.2. The quantitative estimate of drug-likeness (QED) is 0.511. The van der Waals surface area contributed by atoms with Crippen LogP contribution in [0.25, 0.3) is 0 Å². The highest BCUT2D eigenvalue weighted by Crippen LogP contribution is 2.63. The van der Waals surface area contributed by atoms with Gasteiger partial charge in [-0.05, 0) is 68.1 Å². The monoisotopic (exact) mass is 316 g/mol. The van der Waals surface area contributed by atoms with Gasteiger partial charge in [0.15, 0.2) is 0 Å². The molecule has 2 fully saturated rings. The summed E-state index contributed by atoms with van der Waals surface area (Å²) in [6.45, 7) is 11.0. The van der Waals surface area contributed by atoms with E-state index in [0.717, 1.165) is 25.7 Å². The van der Waals surface area contributed by atoms with E-state index in [1.807, 2.05) is 0 Å². The van der Waals surface area contributed by atoms with E-state index in [4.69, 9.17) is 4.74 Å². The maximum atomic E-state index is 12.5. The molecule has 0 N–H and O–H groups in total. The molecule has 2 saturated carbocycles. The highest BCUT2D eigenvalue weighted by Gasteiger charge is 2.58.